The van der Waals surface area contributed by atoms with E-state index >= 15 is 0 Å². The second kappa shape index (κ2) is 6.53. The molecule has 0 aliphatic carbocycles. The van der Waals surface area contributed by atoms with Crippen LogP contribution in [0, 0.1) is 16.0 Å². The first-order valence-electron chi connectivity index (χ1n) is 7.02. The highest BCUT2D eigenvalue weighted by Gasteiger charge is 2.14. The van der Waals surface area contributed by atoms with Crippen LogP contribution in [0.25, 0.3) is 11.3 Å². The lowest BCUT2D eigenvalue weighted by molar-refractivity contribution is -0.384. The SMILES string of the molecule is CC(C)Cn1c(-c2cccc([N+](=O)[O-])c2)ccc(CO)c1=O. The van der Waals surface area contributed by atoms with Crippen LogP contribution in [0.5, 0.6) is 0 Å². The van der Waals surface area contributed by atoms with Crippen LogP contribution in [0.1, 0.15) is 19.4 Å². The third kappa shape index (κ3) is 3.23. The van der Waals surface area contributed by atoms with Crippen molar-refractivity contribution >= 4 is 5.69 Å². The molecule has 0 saturated heterocycles. The maximum absolute atomic E-state index is 12.4. The molecule has 1 heterocycles. The summed E-state index contributed by atoms with van der Waals surface area (Å²) in [5, 5.41) is 20.2. The van der Waals surface area contributed by atoms with E-state index in [1.165, 1.54) is 12.1 Å². The standard InChI is InChI=1S/C16H18N2O4/c1-11(2)9-17-15(7-6-13(10-19)16(17)20)12-4-3-5-14(8-12)18(21)22/h3-8,11,19H,9-10H2,1-2H3. The molecule has 1 aromatic carbocycles. The van der Waals surface area contributed by atoms with Gasteiger partial charge in [0.15, 0.2) is 0 Å². The van der Waals surface area contributed by atoms with Gasteiger partial charge in [-0.15, -0.1) is 0 Å². The van der Waals surface area contributed by atoms with Crippen LogP contribution in [0.4, 0.5) is 5.69 Å². The predicted octanol–water partition coefficient (Wildman–Crippen LogP) is 2.57. The summed E-state index contributed by atoms with van der Waals surface area (Å²) in [7, 11) is 0. The molecular formula is C16H18N2O4. The molecule has 2 rings (SSSR count). The molecule has 2 aromatic rings. The van der Waals surface area contributed by atoms with Crippen molar-refractivity contribution in [2.75, 3.05) is 0 Å². The van der Waals surface area contributed by atoms with Gasteiger partial charge in [-0.05, 0) is 18.1 Å². The highest BCUT2D eigenvalue weighted by atomic mass is 16.6. The van der Waals surface area contributed by atoms with Crippen LogP contribution in [0.15, 0.2) is 41.2 Å². The molecule has 0 aliphatic heterocycles. The third-order valence-corrected chi connectivity index (χ3v) is 3.32. The number of nitrogens with zero attached hydrogens (tertiary/aromatic N) is 2. The first-order valence-corrected chi connectivity index (χ1v) is 7.02. The number of aliphatic hydroxyl groups is 1. The zero-order valence-corrected chi connectivity index (χ0v) is 12.5. The van der Waals surface area contributed by atoms with Gasteiger partial charge in [-0.2, -0.15) is 0 Å². The third-order valence-electron chi connectivity index (χ3n) is 3.32. The van der Waals surface area contributed by atoms with Crippen molar-refractivity contribution in [1.82, 2.24) is 4.57 Å². The van der Waals surface area contributed by atoms with E-state index in [1.54, 1.807) is 28.8 Å². The molecular weight excluding hydrogens is 284 g/mol. The summed E-state index contributed by atoms with van der Waals surface area (Å²) in [6.07, 6.45) is 0. The van der Waals surface area contributed by atoms with Gasteiger partial charge < -0.3 is 9.67 Å². The Kier molecular flexibility index (Phi) is 4.72. The molecule has 0 radical (unpaired) electrons. The van der Waals surface area contributed by atoms with Crippen LogP contribution in [-0.2, 0) is 13.2 Å². The highest BCUT2D eigenvalue weighted by Crippen LogP contribution is 2.24. The summed E-state index contributed by atoms with van der Waals surface area (Å²) in [6.45, 7) is 4.11. The van der Waals surface area contributed by atoms with Crippen molar-refractivity contribution in [3.05, 3.63) is 62.4 Å². The minimum absolute atomic E-state index is 0.0210. The number of pyridine rings is 1. The van der Waals surface area contributed by atoms with E-state index in [0.29, 0.717) is 23.4 Å². The van der Waals surface area contributed by atoms with Crippen LogP contribution in [0.3, 0.4) is 0 Å². The van der Waals surface area contributed by atoms with Gasteiger partial charge in [0, 0.05) is 29.8 Å². The van der Waals surface area contributed by atoms with Gasteiger partial charge in [-0.3, -0.25) is 14.9 Å². The molecule has 1 N–H and O–H groups in total. The number of hydrogen-bond donors (Lipinski definition) is 1. The molecule has 0 atom stereocenters. The van der Waals surface area contributed by atoms with Crippen molar-refractivity contribution in [2.24, 2.45) is 5.92 Å². The van der Waals surface area contributed by atoms with Gasteiger partial charge in [-0.1, -0.05) is 26.0 Å². The number of aromatic nitrogens is 1. The molecule has 0 spiro atoms. The fourth-order valence-electron chi connectivity index (χ4n) is 2.32. The fourth-order valence-corrected chi connectivity index (χ4v) is 2.32. The lowest BCUT2D eigenvalue weighted by Gasteiger charge is -2.16. The number of aliphatic hydroxyl groups excluding tert-OH is 1. The number of benzene rings is 1. The van der Waals surface area contributed by atoms with Gasteiger partial charge in [0.25, 0.3) is 11.2 Å². The van der Waals surface area contributed by atoms with Crippen molar-refractivity contribution in [3.63, 3.8) is 0 Å². The Morgan fingerprint density at radius 2 is 2.00 bits per heavy atom. The second-order valence-electron chi connectivity index (χ2n) is 5.52. The van der Waals surface area contributed by atoms with Crippen molar-refractivity contribution in [1.29, 1.82) is 0 Å². The van der Waals surface area contributed by atoms with E-state index in [0.717, 1.165) is 0 Å². The smallest absolute Gasteiger partial charge is 0.270 e. The first-order chi connectivity index (χ1) is 10.4. The monoisotopic (exact) mass is 302 g/mol. The van der Waals surface area contributed by atoms with Crippen molar-refractivity contribution in [3.8, 4) is 11.3 Å². The van der Waals surface area contributed by atoms with Gasteiger partial charge in [0.1, 0.15) is 0 Å². The summed E-state index contributed by atoms with van der Waals surface area (Å²) in [5.74, 6) is 0.226. The molecule has 0 bridgehead atoms. The van der Waals surface area contributed by atoms with E-state index in [2.05, 4.69) is 0 Å². The van der Waals surface area contributed by atoms with Gasteiger partial charge in [-0.25, -0.2) is 0 Å². The van der Waals surface area contributed by atoms with E-state index in [9.17, 15) is 20.0 Å². The largest absolute Gasteiger partial charge is 0.391 e. The Morgan fingerprint density at radius 1 is 1.27 bits per heavy atom. The quantitative estimate of drug-likeness (QED) is 0.679. The summed E-state index contributed by atoms with van der Waals surface area (Å²) in [6, 6.07) is 9.47. The van der Waals surface area contributed by atoms with Crippen molar-refractivity contribution < 1.29 is 10.0 Å². The van der Waals surface area contributed by atoms with Crippen molar-refractivity contribution in [2.45, 2.75) is 27.0 Å². The number of nitro benzene ring substituents is 1. The minimum atomic E-state index is -0.462. The average molecular weight is 302 g/mol. The zero-order valence-electron chi connectivity index (χ0n) is 12.5. The lowest BCUT2D eigenvalue weighted by atomic mass is 10.1. The molecule has 0 aliphatic rings. The number of nitro groups is 1. The first kappa shape index (κ1) is 15.9. The molecule has 6 nitrogen and oxygen atoms in total. The lowest BCUT2D eigenvalue weighted by Crippen LogP contribution is -2.27. The van der Waals surface area contributed by atoms with Gasteiger partial charge in [0.2, 0.25) is 0 Å². The number of hydrogen-bond acceptors (Lipinski definition) is 4. The molecule has 0 saturated carbocycles. The number of rotatable bonds is 5. The normalized spacial score (nSPS) is 10.9. The Bertz CT molecular complexity index is 750. The van der Waals surface area contributed by atoms with E-state index in [-0.39, 0.29) is 23.8 Å². The summed E-state index contributed by atoms with van der Waals surface area (Å²) in [4.78, 5) is 22.9. The van der Waals surface area contributed by atoms with E-state index in [1.807, 2.05) is 13.8 Å². The minimum Gasteiger partial charge on any atom is -0.391 e. The maximum atomic E-state index is 12.4. The van der Waals surface area contributed by atoms with Crippen LogP contribution in [-0.4, -0.2) is 14.6 Å². The van der Waals surface area contributed by atoms with Crippen LogP contribution < -0.4 is 5.56 Å². The molecule has 0 amide bonds. The topological polar surface area (TPSA) is 85.4 Å². The van der Waals surface area contributed by atoms with E-state index < -0.39 is 4.92 Å². The Hall–Kier alpha value is -2.47. The number of non-ortho nitro benzene ring substituents is 1. The Labute approximate surface area is 127 Å². The van der Waals surface area contributed by atoms with Crippen LogP contribution in [0.2, 0.25) is 0 Å². The van der Waals surface area contributed by atoms with E-state index in [4.69, 9.17) is 0 Å². The molecule has 22 heavy (non-hydrogen) atoms. The van der Waals surface area contributed by atoms with Crippen LogP contribution >= 0.6 is 0 Å². The molecule has 116 valence electrons. The highest BCUT2D eigenvalue weighted by molar-refractivity contribution is 5.63. The summed E-state index contributed by atoms with van der Waals surface area (Å²) >= 11 is 0. The van der Waals surface area contributed by atoms with Gasteiger partial charge in [0.05, 0.1) is 17.2 Å². The molecule has 0 unspecified atom stereocenters. The molecule has 1 aromatic heterocycles. The summed E-state index contributed by atoms with van der Waals surface area (Å²) in [5.41, 5.74) is 1.25. The molecule has 0 fully saturated rings. The summed E-state index contributed by atoms with van der Waals surface area (Å²) < 4.78 is 1.56. The predicted molar refractivity (Wildman–Crippen MR) is 83.6 cm³/mol. The maximum Gasteiger partial charge on any atom is 0.270 e. The Balaban J connectivity index is 2.64. The zero-order chi connectivity index (χ0) is 16.3. The Morgan fingerprint density at radius 3 is 2.59 bits per heavy atom. The fraction of sp³-hybridized carbons (Fsp3) is 0.312. The van der Waals surface area contributed by atoms with Gasteiger partial charge >= 0.3 is 0 Å². The molecule has 6 heteroatoms. The second-order valence-corrected chi connectivity index (χ2v) is 5.52. The average Bonchev–Trinajstić information content (AvgIpc) is 2.49.